The van der Waals surface area contributed by atoms with E-state index in [-0.39, 0.29) is 23.8 Å². The van der Waals surface area contributed by atoms with Crippen molar-refractivity contribution in [1.29, 1.82) is 0 Å². The van der Waals surface area contributed by atoms with Crippen molar-refractivity contribution in [3.8, 4) is 0 Å². The molecule has 4 N–H and O–H groups in total. The topological polar surface area (TPSA) is 219 Å². The summed E-state index contributed by atoms with van der Waals surface area (Å²) in [6.45, 7) is -0.854. The number of nitrogens with one attached hydrogen (secondary N) is 1. The molecule has 0 atom stereocenters. The summed E-state index contributed by atoms with van der Waals surface area (Å²) < 4.78 is 107. The molecule has 2 heterocycles. The number of nitrogens with zero attached hydrogens (tertiary/aromatic N) is 2. The van der Waals surface area contributed by atoms with Crippen LogP contribution >= 0.6 is 0 Å². The Morgan fingerprint density at radius 2 is 1.59 bits per heavy atom. The zero-order chi connectivity index (χ0) is 20.5. The molecule has 27 heavy (non-hydrogen) atoms. The largest absolute Gasteiger partial charge is 0.413 e. The highest BCUT2D eigenvalue weighted by molar-refractivity contribution is 7.81. The fraction of sp³-hybridized carbons (Fsp3) is 0.444. The van der Waals surface area contributed by atoms with Crippen LogP contribution in [0.1, 0.15) is 11.4 Å². The van der Waals surface area contributed by atoms with Gasteiger partial charge in [-0.1, -0.05) is 6.07 Å². The number of hydroxylamine groups is 2. The number of hydrogen-bond donors (Lipinski definition) is 4. The summed E-state index contributed by atoms with van der Waals surface area (Å²) in [5, 5.41) is 2.62. The highest BCUT2D eigenvalue weighted by Gasteiger charge is 2.53. The minimum absolute atomic E-state index is 0.0569. The maximum atomic E-state index is 11.3. The highest BCUT2D eigenvalue weighted by atomic mass is 32.3. The van der Waals surface area contributed by atoms with E-state index in [1.807, 2.05) is 0 Å². The van der Waals surface area contributed by atoms with E-state index in [1.165, 1.54) is 12.1 Å². The quantitative estimate of drug-likeness (QED) is 0.270. The first-order chi connectivity index (χ1) is 12.2. The number of fused-ring (bicyclic) bond motifs is 2. The standard InChI is InChI=1S/C9H13N3O12S3/c13-25(14,15)22-9(23-26(16,17)18)8-3-1-2-7(11-8)6-10-4-5-12(9)24-27(19,20)21/h1-3,10H,4-6H2,(H,13,14,15)(H,16,17,18)(H,19,20,21). The van der Waals surface area contributed by atoms with Crippen molar-refractivity contribution >= 4 is 31.2 Å². The van der Waals surface area contributed by atoms with Gasteiger partial charge in [-0.3, -0.25) is 13.7 Å². The van der Waals surface area contributed by atoms with Crippen LogP contribution in [-0.4, -0.2) is 62.0 Å². The molecule has 0 amide bonds. The molecule has 0 saturated carbocycles. The Labute approximate surface area is 153 Å². The third-order valence-corrected chi connectivity index (χ3v) is 4.12. The van der Waals surface area contributed by atoms with Crippen LogP contribution in [0, 0.1) is 0 Å². The Morgan fingerprint density at radius 3 is 2.11 bits per heavy atom. The molecule has 1 aromatic rings. The number of rotatable bonds is 6. The molecule has 2 rings (SSSR count). The van der Waals surface area contributed by atoms with E-state index in [9.17, 15) is 25.3 Å². The van der Waals surface area contributed by atoms with E-state index >= 15 is 0 Å². The van der Waals surface area contributed by atoms with Gasteiger partial charge in [-0.2, -0.15) is 33.6 Å². The lowest BCUT2D eigenvalue weighted by Crippen LogP contribution is -2.54. The summed E-state index contributed by atoms with van der Waals surface area (Å²) in [6.07, 6.45) is 0. The second kappa shape index (κ2) is 7.60. The van der Waals surface area contributed by atoms with Crippen LogP contribution in [-0.2, 0) is 56.3 Å². The van der Waals surface area contributed by atoms with E-state index in [1.54, 1.807) is 0 Å². The first kappa shape index (κ1) is 22.0. The molecule has 18 heteroatoms. The third-order valence-electron chi connectivity index (χ3n) is 2.88. The highest BCUT2D eigenvalue weighted by Crippen LogP contribution is 2.35. The first-order valence-corrected chi connectivity index (χ1v) is 10.8. The van der Waals surface area contributed by atoms with Gasteiger partial charge in [0.2, 0.25) is 0 Å². The molecule has 15 nitrogen and oxygen atoms in total. The SMILES string of the molecule is O=S(=O)(O)ON1CCNCc2cccc(n2)C1(OS(=O)(=O)O)OS(=O)(=O)O. The van der Waals surface area contributed by atoms with Gasteiger partial charge >= 0.3 is 37.1 Å². The molecule has 0 fully saturated rings. The minimum Gasteiger partial charge on any atom is -0.310 e. The number of pyridine rings is 1. The van der Waals surface area contributed by atoms with Crippen LogP contribution in [0.5, 0.6) is 0 Å². The Hall–Kier alpha value is -1.32. The van der Waals surface area contributed by atoms with Crippen LogP contribution in [0.25, 0.3) is 0 Å². The molecule has 1 aliphatic heterocycles. The van der Waals surface area contributed by atoms with Gasteiger partial charge < -0.3 is 5.32 Å². The van der Waals surface area contributed by atoms with Crippen molar-refractivity contribution in [3.05, 3.63) is 29.6 Å². The fourth-order valence-corrected chi connectivity index (χ4v) is 3.51. The number of aromatic nitrogens is 1. The van der Waals surface area contributed by atoms with E-state index in [0.29, 0.717) is 0 Å². The van der Waals surface area contributed by atoms with E-state index < -0.39 is 49.3 Å². The minimum atomic E-state index is -5.57. The summed E-state index contributed by atoms with van der Waals surface area (Å²) in [4.78, 5) is 3.83. The second-order valence-corrected chi connectivity index (χ2v) is 7.95. The first-order valence-electron chi connectivity index (χ1n) is 6.68. The summed E-state index contributed by atoms with van der Waals surface area (Å²) in [6, 6.07) is 3.57. The lowest BCUT2D eigenvalue weighted by atomic mass is 10.2. The molecule has 1 aromatic heterocycles. The fourth-order valence-electron chi connectivity index (χ4n) is 2.09. The van der Waals surface area contributed by atoms with Crippen LogP contribution in [0.2, 0.25) is 0 Å². The van der Waals surface area contributed by atoms with Crippen molar-refractivity contribution in [2.75, 3.05) is 13.1 Å². The predicted molar refractivity (Wildman–Crippen MR) is 82.2 cm³/mol. The van der Waals surface area contributed by atoms with Crippen LogP contribution in [0.4, 0.5) is 0 Å². The van der Waals surface area contributed by atoms with Crippen molar-refractivity contribution < 1.29 is 51.6 Å². The molecule has 0 aromatic carbocycles. The number of hydrogen-bond acceptors (Lipinski definition) is 12. The van der Waals surface area contributed by atoms with Gasteiger partial charge in [0.25, 0.3) is 0 Å². The lowest BCUT2D eigenvalue weighted by Gasteiger charge is -2.36. The van der Waals surface area contributed by atoms with Gasteiger partial charge in [0.15, 0.2) is 0 Å². The summed E-state index contributed by atoms with van der Waals surface area (Å²) in [5.41, 5.74) is -0.578. The predicted octanol–water partition coefficient (Wildman–Crippen LogP) is -2.03. The average molecular weight is 451 g/mol. The van der Waals surface area contributed by atoms with Gasteiger partial charge in [-0.25, -0.2) is 4.98 Å². The van der Waals surface area contributed by atoms with Crippen molar-refractivity contribution in [1.82, 2.24) is 15.4 Å². The maximum absolute atomic E-state index is 11.3. The Kier molecular flexibility index (Phi) is 6.18. The Balaban J connectivity index is 2.81. The lowest BCUT2D eigenvalue weighted by molar-refractivity contribution is -0.328. The Bertz CT molecular complexity index is 972. The molecule has 2 bridgehead atoms. The normalized spacial score (nSPS) is 19.1. The molecule has 0 aliphatic carbocycles. The van der Waals surface area contributed by atoms with E-state index in [0.717, 1.165) is 6.07 Å². The molecule has 0 unspecified atom stereocenters. The van der Waals surface area contributed by atoms with E-state index in [4.69, 9.17) is 13.7 Å². The van der Waals surface area contributed by atoms with Crippen LogP contribution < -0.4 is 5.32 Å². The van der Waals surface area contributed by atoms with E-state index in [2.05, 4.69) is 23.0 Å². The molecular formula is C9H13N3O12S3. The Morgan fingerprint density at radius 1 is 1.00 bits per heavy atom. The van der Waals surface area contributed by atoms with Crippen molar-refractivity contribution in [2.24, 2.45) is 0 Å². The van der Waals surface area contributed by atoms with Gasteiger partial charge in [0.1, 0.15) is 5.69 Å². The van der Waals surface area contributed by atoms with Crippen LogP contribution in [0.3, 0.4) is 0 Å². The van der Waals surface area contributed by atoms with Gasteiger partial charge in [0.05, 0.1) is 5.69 Å². The van der Waals surface area contributed by atoms with Crippen molar-refractivity contribution in [2.45, 2.75) is 12.5 Å². The summed E-state index contributed by atoms with van der Waals surface area (Å²) in [7, 11) is -16.5. The molecular weight excluding hydrogens is 438 g/mol. The van der Waals surface area contributed by atoms with Crippen molar-refractivity contribution in [3.63, 3.8) is 0 Å². The summed E-state index contributed by atoms with van der Waals surface area (Å²) in [5.74, 6) is -3.49. The molecule has 0 radical (unpaired) electrons. The molecule has 1 aliphatic rings. The smallest absolute Gasteiger partial charge is 0.310 e. The monoisotopic (exact) mass is 451 g/mol. The molecule has 0 spiro atoms. The third kappa shape index (κ3) is 6.36. The van der Waals surface area contributed by atoms with Gasteiger partial charge in [-0.05, 0) is 12.1 Å². The molecule has 154 valence electrons. The maximum Gasteiger partial charge on any atom is 0.413 e. The average Bonchev–Trinajstić information content (AvgIpc) is 2.48. The van der Waals surface area contributed by atoms with Crippen LogP contribution in [0.15, 0.2) is 18.2 Å². The summed E-state index contributed by atoms with van der Waals surface area (Å²) >= 11 is 0. The molecule has 0 saturated heterocycles. The zero-order valence-electron chi connectivity index (χ0n) is 13.0. The zero-order valence-corrected chi connectivity index (χ0v) is 15.4. The van der Waals surface area contributed by atoms with Gasteiger partial charge in [-0.15, -0.1) is 9.35 Å². The van der Waals surface area contributed by atoms with Gasteiger partial charge in [0, 0.05) is 19.6 Å². The second-order valence-electron chi connectivity index (χ2n) is 4.90.